The first-order valence-corrected chi connectivity index (χ1v) is 12.9. The maximum Gasteiger partial charge on any atom is 0.118 e. The van der Waals surface area contributed by atoms with Gasteiger partial charge in [0.2, 0.25) is 0 Å². The predicted molar refractivity (Wildman–Crippen MR) is 160 cm³/mol. The molecule has 182 valence electrons. The summed E-state index contributed by atoms with van der Waals surface area (Å²) in [5.74, 6) is 0.853. The van der Waals surface area contributed by atoms with Crippen molar-refractivity contribution in [2.24, 2.45) is 0 Å². The fourth-order valence-electron chi connectivity index (χ4n) is 5.25. The zero-order valence-electron chi connectivity index (χ0n) is 21.3. The van der Waals surface area contributed by atoms with Crippen LogP contribution >= 0.6 is 0 Å². The van der Waals surface area contributed by atoms with Crippen molar-refractivity contribution in [1.29, 1.82) is 0 Å². The SMILES string of the molecule is COc1ccc(C=C2C(c3ccccc3)=C(c3ccccc3)C(c3ccccc3)=C2c2ccccc2)cc1. The molecule has 6 rings (SSSR count). The Hall–Kier alpha value is -4.88. The Morgan fingerprint density at radius 3 is 1.08 bits per heavy atom. The molecule has 5 aromatic rings. The largest absolute Gasteiger partial charge is 0.497 e. The molecular weight excluding hydrogens is 460 g/mol. The quantitative estimate of drug-likeness (QED) is 0.231. The fourth-order valence-corrected chi connectivity index (χ4v) is 5.25. The first-order valence-electron chi connectivity index (χ1n) is 12.9. The molecule has 0 bridgehead atoms. The molecule has 1 heteroatoms. The topological polar surface area (TPSA) is 9.23 Å². The number of benzene rings is 5. The highest BCUT2D eigenvalue weighted by Gasteiger charge is 2.32. The van der Waals surface area contributed by atoms with Gasteiger partial charge in [-0.2, -0.15) is 0 Å². The average molecular weight is 489 g/mol. The summed E-state index contributed by atoms with van der Waals surface area (Å²) in [6.45, 7) is 0. The van der Waals surface area contributed by atoms with Crippen molar-refractivity contribution in [3.05, 3.63) is 179 Å². The van der Waals surface area contributed by atoms with E-state index >= 15 is 0 Å². The number of methoxy groups -OCH3 is 1. The van der Waals surface area contributed by atoms with Gasteiger partial charge in [-0.05, 0) is 73.9 Å². The summed E-state index contributed by atoms with van der Waals surface area (Å²) >= 11 is 0. The lowest BCUT2D eigenvalue weighted by Gasteiger charge is -2.14. The summed E-state index contributed by atoms with van der Waals surface area (Å²) in [7, 11) is 1.70. The molecule has 0 unspecified atom stereocenters. The van der Waals surface area contributed by atoms with Gasteiger partial charge in [-0.1, -0.05) is 133 Å². The van der Waals surface area contributed by atoms with E-state index in [0.717, 1.165) is 11.3 Å². The molecular formula is C37H28O. The van der Waals surface area contributed by atoms with Gasteiger partial charge in [-0.3, -0.25) is 0 Å². The second kappa shape index (κ2) is 10.6. The van der Waals surface area contributed by atoms with Crippen LogP contribution < -0.4 is 4.74 Å². The summed E-state index contributed by atoms with van der Waals surface area (Å²) in [6, 6.07) is 51.4. The number of ether oxygens (including phenoxy) is 1. The molecule has 5 aromatic carbocycles. The Balaban J connectivity index is 1.74. The van der Waals surface area contributed by atoms with E-state index in [9.17, 15) is 0 Å². The van der Waals surface area contributed by atoms with E-state index in [2.05, 4.69) is 140 Å². The minimum absolute atomic E-state index is 0.853. The van der Waals surface area contributed by atoms with Crippen LogP contribution in [0, 0.1) is 0 Å². The highest BCUT2D eigenvalue weighted by molar-refractivity contribution is 6.35. The molecule has 0 saturated carbocycles. The summed E-state index contributed by atoms with van der Waals surface area (Å²) in [6.07, 6.45) is 2.32. The summed E-state index contributed by atoms with van der Waals surface area (Å²) in [5.41, 5.74) is 12.1. The monoisotopic (exact) mass is 488 g/mol. The van der Waals surface area contributed by atoms with Gasteiger partial charge in [0, 0.05) is 0 Å². The van der Waals surface area contributed by atoms with E-state index in [-0.39, 0.29) is 0 Å². The lowest BCUT2D eigenvalue weighted by atomic mass is 9.89. The van der Waals surface area contributed by atoms with Gasteiger partial charge in [-0.15, -0.1) is 0 Å². The second-order valence-electron chi connectivity index (χ2n) is 9.30. The fraction of sp³-hybridized carbons (Fsp3) is 0.0270. The van der Waals surface area contributed by atoms with Crippen LogP contribution in [0.25, 0.3) is 28.4 Å². The van der Waals surface area contributed by atoms with Crippen molar-refractivity contribution in [3.8, 4) is 5.75 Å². The van der Waals surface area contributed by atoms with Crippen molar-refractivity contribution in [3.63, 3.8) is 0 Å². The van der Waals surface area contributed by atoms with E-state index in [1.54, 1.807) is 7.11 Å². The molecule has 0 radical (unpaired) electrons. The highest BCUT2D eigenvalue weighted by atomic mass is 16.5. The molecule has 0 spiro atoms. The maximum atomic E-state index is 5.43. The Morgan fingerprint density at radius 1 is 0.395 bits per heavy atom. The molecule has 1 nitrogen and oxygen atoms in total. The molecule has 0 fully saturated rings. The van der Waals surface area contributed by atoms with Crippen LogP contribution in [-0.2, 0) is 0 Å². The zero-order valence-corrected chi connectivity index (χ0v) is 21.3. The second-order valence-corrected chi connectivity index (χ2v) is 9.30. The van der Waals surface area contributed by atoms with Crippen LogP contribution in [-0.4, -0.2) is 7.11 Å². The molecule has 0 aliphatic heterocycles. The number of hydrogen-bond donors (Lipinski definition) is 0. The predicted octanol–water partition coefficient (Wildman–Crippen LogP) is 9.31. The van der Waals surface area contributed by atoms with Crippen LogP contribution in [0.4, 0.5) is 0 Å². The standard InChI is InChI=1S/C37H28O/c1-38-32-24-22-27(23-25-32)26-33-34(28-14-6-2-7-15-28)36(30-18-10-4-11-19-30)37(31-20-12-5-13-21-31)35(33)29-16-8-3-9-17-29/h2-26H,1H3. The van der Waals surface area contributed by atoms with E-state index in [4.69, 9.17) is 4.74 Å². The molecule has 0 N–H and O–H groups in total. The molecule has 0 aromatic heterocycles. The Bertz CT molecular complexity index is 1520. The third-order valence-electron chi connectivity index (χ3n) is 6.97. The van der Waals surface area contributed by atoms with Gasteiger partial charge >= 0.3 is 0 Å². The van der Waals surface area contributed by atoms with Crippen molar-refractivity contribution in [1.82, 2.24) is 0 Å². The molecule has 1 aliphatic carbocycles. The maximum absolute atomic E-state index is 5.43. The van der Waals surface area contributed by atoms with Crippen LogP contribution in [0.2, 0.25) is 0 Å². The lowest BCUT2D eigenvalue weighted by molar-refractivity contribution is 0.415. The Kier molecular flexibility index (Phi) is 6.57. The normalized spacial score (nSPS) is 13.1. The molecule has 0 atom stereocenters. The van der Waals surface area contributed by atoms with Crippen molar-refractivity contribution in [2.75, 3.05) is 7.11 Å². The first-order chi connectivity index (χ1) is 18.8. The van der Waals surface area contributed by atoms with Crippen LogP contribution in [0.5, 0.6) is 5.75 Å². The van der Waals surface area contributed by atoms with Crippen molar-refractivity contribution in [2.45, 2.75) is 0 Å². The first kappa shape index (κ1) is 23.5. The van der Waals surface area contributed by atoms with Gasteiger partial charge < -0.3 is 4.74 Å². The molecule has 38 heavy (non-hydrogen) atoms. The van der Waals surface area contributed by atoms with E-state index < -0.39 is 0 Å². The van der Waals surface area contributed by atoms with E-state index in [0.29, 0.717) is 0 Å². The average Bonchev–Trinajstić information content (AvgIpc) is 3.34. The van der Waals surface area contributed by atoms with E-state index in [1.165, 1.54) is 50.1 Å². The smallest absolute Gasteiger partial charge is 0.118 e. The minimum Gasteiger partial charge on any atom is -0.497 e. The van der Waals surface area contributed by atoms with Crippen molar-refractivity contribution < 1.29 is 4.74 Å². The summed E-state index contributed by atoms with van der Waals surface area (Å²) < 4.78 is 5.43. The van der Waals surface area contributed by atoms with Crippen molar-refractivity contribution >= 4 is 28.4 Å². The van der Waals surface area contributed by atoms with Gasteiger partial charge in [0.05, 0.1) is 7.11 Å². The highest BCUT2D eigenvalue weighted by Crippen LogP contribution is 2.55. The van der Waals surface area contributed by atoms with E-state index in [1.807, 2.05) is 12.1 Å². The number of hydrogen-bond acceptors (Lipinski definition) is 1. The number of allylic oxidation sites excluding steroid dienone is 5. The third-order valence-corrected chi connectivity index (χ3v) is 6.97. The lowest BCUT2D eigenvalue weighted by Crippen LogP contribution is -1.92. The molecule has 0 amide bonds. The zero-order chi connectivity index (χ0) is 25.7. The summed E-state index contributed by atoms with van der Waals surface area (Å²) in [4.78, 5) is 0. The third kappa shape index (κ3) is 4.51. The Morgan fingerprint density at radius 2 is 0.737 bits per heavy atom. The van der Waals surface area contributed by atoms with Crippen LogP contribution in [0.15, 0.2) is 151 Å². The van der Waals surface area contributed by atoms with Crippen LogP contribution in [0.3, 0.4) is 0 Å². The van der Waals surface area contributed by atoms with Gasteiger partial charge in [0.25, 0.3) is 0 Å². The molecule has 0 saturated heterocycles. The van der Waals surface area contributed by atoms with Gasteiger partial charge in [-0.25, -0.2) is 0 Å². The van der Waals surface area contributed by atoms with Gasteiger partial charge in [0.15, 0.2) is 0 Å². The molecule has 1 aliphatic rings. The van der Waals surface area contributed by atoms with Gasteiger partial charge in [0.1, 0.15) is 5.75 Å². The summed E-state index contributed by atoms with van der Waals surface area (Å²) in [5, 5.41) is 0. The number of rotatable bonds is 6. The minimum atomic E-state index is 0.853. The molecule has 0 heterocycles. The Labute approximate surface area is 224 Å². The van der Waals surface area contributed by atoms with Crippen LogP contribution in [0.1, 0.15) is 27.8 Å².